The maximum Gasteiger partial charge on any atom is 0.412 e. The number of amides is 1. The Morgan fingerprint density at radius 2 is 1.84 bits per heavy atom. The van der Waals surface area contributed by atoms with Crippen LogP contribution in [0.4, 0.5) is 4.79 Å². The maximum absolute atomic E-state index is 13.2. The van der Waals surface area contributed by atoms with Crippen LogP contribution in [0.3, 0.4) is 0 Å². The van der Waals surface area contributed by atoms with E-state index in [0.29, 0.717) is 19.6 Å². The first kappa shape index (κ1) is 25.4. The summed E-state index contributed by atoms with van der Waals surface area (Å²) in [5.41, 5.74) is -0.0718. The highest BCUT2D eigenvalue weighted by molar-refractivity contribution is 6.48. The van der Waals surface area contributed by atoms with E-state index in [2.05, 4.69) is 20.8 Å². The first-order chi connectivity index (χ1) is 14.6. The molecule has 2 rings (SSSR count). The van der Waals surface area contributed by atoms with Gasteiger partial charge in [0.25, 0.3) is 0 Å². The minimum Gasteiger partial charge on any atom is -0.464 e. The van der Waals surface area contributed by atoms with Crippen LogP contribution in [0.5, 0.6) is 0 Å². The molecule has 1 fully saturated rings. The third kappa shape index (κ3) is 7.33. The molecule has 8 heteroatoms. The van der Waals surface area contributed by atoms with Gasteiger partial charge >= 0.3 is 12.1 Å². The Hall–Kier alpha value is -1.90. The fourth-order valence-electron chi connectivity index (χ4n) is 3.70. The first-order valence-electron chi connectivity index (χ1n) is 10.8. The van der Waals surface area contributed by atoms with Gasteiger partial charge in [0.05, 0.1) is 13.2 Å². The summed E-state index contributed by atoms with van der Waals surface area (Å²) >= 11 is 0. The number of esters is 1. The average Bonchev–Trinajstić information content (AvgIpc) is 3.06. The van der Waals surface area contributed by atoms with Crippen molar-refractivity contribution in [3.05, 3.63) is 35.9 Å². The summed E-state index contributed by atoms with van der Waals surface area (Å²) in [7, 11) is -1.18. The highest BCUT2D eigenvalue weighted by Gasteiger charge is 2.53. The summed E-state index contributed by atoms with van der Waals surface area (Å²) < 4.78 is 22.7. The van der Waals surface area contributed by atoms with Crippen LogP contribution in [-0.2, 0) is 30.0 Å². The van der Waals surface area contributed by atoms with E-state index in [1.54, 1.807) is 11.8 Å². The van der Waals surface area contributed by atoms with Crippen molar-refractivity contribution in [3.8, 4) is 0 Å². The highest BCUT2D eigenvalue weighted by atomic mass is 28.3. The zero-order valence-electron chi connectivity index (χ0n) is 19.6. The molecule has 1 radical (unpaired) electrons. The predicted molar refractivity (Wildman–Crippen MR) is 120 cm³/mol. The molecule has 2 atom stereocenters. The number of hydrogen-bond acceptors (Lipinski definition) is 6. The van der Waals surface area contributed by atoms with Crippen LogP contribution >= 0.6 is 0 Å². The van der Waals surface area contributed by atoms with Crippen molar-refractivity contribution < 1.29 is 28.2 Å². The first-order valence-corrected chi connectivity index (χ1v) is 13.2. The van der Waals surface area contributed by atoms with Gasteiger partial charge in [0, 0.05) is 13.0 Å². The molecular formula is C23H36NO6Si. The number of likely N-dealkylation sites (tertiary alicyclic amines) is 1. The van der Waals surface area contributed by atoms with Gasteiger partial charge in [0.15, 0.2) is 5.72 Å². The zero-order valence-corrected chi connectivity index (χ0v) is 20.6. The van der Waals surface area contributed by atoms with E-state index in [1.807, 2.05) is 43.4 Å². The predicted octanol–water partition coefficient (Wildman–Crippen LogP) is 4.23. The van der Waals surface area contributed by atoms with Crippen molar-refractivity contribution in [2.24, 2.45) is 11.3 Å². The fraction of sp³-hybridized carbons (Fsp3) is 0.652. The molecular weight excluding hydrogens is 414 g/mol. The number of hydrogen-bond donors (Lipinski definition) is 0. The zero-order chi connectivity index (χ0) is 23.1. The van der Waals surface area contributed by atoms with Crippen LogP contribution in [0, 0.1) is 11.3 Å². The van der Waals surface area contributed by atoms with Gasteiger partial charge in [-0.05, 0) is 36.9 Å². The fourth-order valence-corrected chi connectivity index (χ4v) is 4.72. The van der Waals surface area contributed by atoms with Crippen molar-refractivity contribution in [3.63, 3.8) is 0 Å². The highest BCUT2D eigenvalue weighted by Crippen LogP contribution is 2.43. The third-order valence-corrected chi connectivity index (χ3v) is 6.15. The van der Waals surface area contributed by atoms with Gasteiger partial charge < -0.3 is 18.6 Å². The number of rotatable bonds is 9. The van der Waals surface area contributed by atoms with Crippen molar-refractivity contribution in [2.45, 2.75) is 59.5 Å². The number of nitrogens with zero attached hydrogens (tertiary/aromatic N) is 1. The minimum atomic E-state index is -1.18. The van der Waals surface area contributed by atoms with E-state index in [0.717, 1.165) is 5.56 Å². The number of carbonyl (C=O) groups is 2. The van der Waals surface area contributed by atoms with Crippen LogP contribution in [0.25, 0.3) is 0 Å². The van der Waals surface area contributed by atoms with E-state index in [1.165, 1.54) is 0 Å². The summed E-state index contributed by atoms with van der Waals surface area (Å²) in [6.07, 6.45) is 0.189. The molecule has 0 N–H and O–H groups in total. The van der Waals surface area contributed by atoms with E-state index < -0.39 is 26.8 Å². The van der Waals surface area contributed by atoms with Crippen LogP contribution in [0.15, 0.2) is 30.3 Å². The molecule has 0 unspecified atom stereocenters. The Labute approximate surface area is 187 Å². The van der Waals surface area contributed by atoms with Gasteiger partial charge in [-0.2, -0.15) is 0 Å². The molecule has 1 aromatic rings. The lowest BCUT2D eigenvalue weighted by Gasteiger charge is -2.38. The lowest BCUT2D eigenvalue weighted by Crippen LogP contribution is -2.54. The molecule has 1 aromatic carbocycles. The quantitative estimate of drug-likeness (QED) is 0.414. The maximum atomic E-state index is 13.2. The Kier molecular flexibility index (Phi) is 9.09. The molecule has 173 valence electrons. The van der Waals surface area contributed by atoms with Crippen molar-refractivity contribution in [1.82, 2.24) is 4.90 Å². The van der Waals surface area contributed by atoms with Crippen LogP contribution in [0.1, 0.15) is 39.7 Å². The number of benzene rings is 1. The summed E-state index contributed by atoms with van der Waals surface area (Å²) in [6, 6.07) is 9.58. The number of ether oxygens (including phenoxy) is 3. The van der Waals surface area contributed by atoms with Crippen molar-refractivity contribution in [1.29, 1.82) is 0 Å². The van der Waals surface area contributed by atoms with Crippen LogP contribution in [0.2, 0.25) is 13.1 Å². The van der Waals surface area contributed by atoms with Crippen molar-refractivity contribution in [2.75, 3.05) is 26.4 Å². The second-order valence-corrected chi connectivity index (χ2v) is 11.2. The second-order valence-electron chi connectivity index (χ2n) is 9.17. The summed E-state index contributed by atoms with van der Waals surface area (Å²) in [6.45, 7) is 13.2. The molecule has 0 aromatic heterocycles. The molecule has 1 aliphatic rings. The van der Waals surface area contributed by atoms with Gasteiger partial charge in [0.2, 0.25) is 9.04 Å². The smallest absolute Gasteiger partial charge is 0.412 e. The van der Waals surface area contributed by atoms with Gasteiger partial charge in [-0.15, -0.1) is 0 Å². The molecule has 1 amide bonds. The average molecular weight is 451 g/mol. The summed E-state index contributed by atoms with van der Waals surface area (Å²) in [5, 5.41) is 0. The van der Waals surface area contributed by atoms with Crippen LogP contribution < -0.4 is 0 Å². The van der Waals surface area contributed by atoms with Crippen molar-refractivity contribution >= 4 is 21.1 Å². The standard InChI is InChI=1S/C23H36NO6Si/c1-7-28-20(25)16-27-17-23(30-31(5)6)13-19(22(2,3)4)14-24(23)21(26)29-15-18-11-9-8-10-12-18/h8-12,19H,7,13-17H2,1-6H3/t19-,23-/m0/s1. The minimum absolute atomic E-state index is 0.0292. The SMILES string of the molecule is CCOC(=O)COC[C@@]1(O[Si](C)C)C[C@H](C(C)(C)C)CN1C(=O)OCc1ccccc1. The van der Waals surface area contributed by atoms with E-state index in [4.69, 9.17) is 18.6 Å². The molecule has 1 aliphatic heterocycles. The lowest BCUT2D eigenvalue weighted by molar-refractivity contribution is -0.154. The lowest BCUT2D eigenvalue weighted by atomic mass is 9.79. The molecule has 1 heterocycles. The molecule has 0 bridgehead atoms. The molecule has 0 spiro atoms. The molecule has 0 aliphatic carbocycles. The van der Waals surface area contributed by atoms with Gasteiger partial charge in [-0.3, -0.25) is 4.90 Å². The van der Waals surface area contributed by atoms with E-state index in [9.17, 15) is 9.59 Å². The van der Waals surface area contributed by atoms with Crippen LogP contribution in [-0.4, -0.2) is 58.1 Å². The van der Waals surface area contributed by atoms with E-state index >= 15 is 0 Å². The Balaban J connectivity index is 2.20. The molecule has 1 saturated heterocycles. The second kappa shape index (κ2) is 11.1. The topological polar surface area (TPSA) is 74.3 Å². The van der Waals surface area contributed by atoms with E-state index in [-0.39, 0.29) is 31.2 Å². The molecule has 31 heavy (non-hydrogen) atoms. The third-order valence-electron chi connectivity index (χ3n) is 5.36. The Bertz CT molecular complexity index is 721. The Morgan fingerprint density at radius 1 is 1.16 bits per heavy atom. The normalized spacial score (nSPS) is 21.4. The summed E-state index contributed by atoms with van der Waals surface area (Å²) in [4.78, 5) is 26.6. The molecule has 7 nitrogen and oxygen atoms in total. The monoisotopic (exact) mass is 450 g/mol. The van der Waals surface area contributed by atoms with Gasteiger partial charge in [-0.25, -0.2) is 9.59 Å². The van der Waals surface area contributed by atoms with Gasteiger partial charge in [-0.1, -0.05) is 51.1 Å². The molecule has 0 saturated carbocycles. The summed E-state index contributed by atoms with van der Waals surface area (Å²) in [5.74, 6) is -0.232. The largest absolute Gasteiger partial charge is 0.464 e. The number of carbonyl (C=O) groups excluding carboxylic acids is 2. The Morgan fingerprint density at radius 3 is 2.42 bits per heavy atom. The van der Waals surface area contributed by atoms with Gasteiger partial charge in [0.1, 0.15) is 13.2 Å².